The highest BCUT2D eigenvalue weighted by molar-refractivity contribution is 14.1. The van der Waals surface area contributed by atoms with Gasteiger partial charge in [-0.25, -0.2) is 4.98 Å². The monoisotopic (exact) mass is 432 g/mol. The summed E-state index contributed by atoms with van der Waals surface area (Å²) in [7, 11) is 0. The minimum absolute atomic E-state index is 0.0237. The van der Waals surface area contributed by atoms with Gasteiger partial charge < -0.3 is 10.5 Å². The molecule has 22 heavy (non-hydrogen) atoms. The van der Waals surface area contributed by atoms with Crippen LogP contribution in [-0.2, 0) is 11.2 Å². The van der Waals surface area contributed by atoms with Gasteiger partial charge in [0.1, 0.15) is 5.75 Å². The average molecular weight is 432 g/mol. The first-order valence-corrected chi connectivity index (χ1v) is 7.79. The molecule has 0 fully saturated rings. The fourth-order valence-electron chi connectivity index (χ4n) is 1.47. The maximum absolute atomic E-state index is 11.8. The molecular formula is C12H9IN4O4S. The van der Waals surface area contributed by atoms with Crippen LogP contribution in [0, 0.1) is 10.1 Å². The first kappa shape index (κ1) is 16.3. The number of hydrogen-bond acceptors (Lipinski definition) is 7. The second-order valence-electron chi connectivity index (χ2n) is 3.96. The molecule has 10 heteroatoms. The van der Waals surface area contributed by atoms with E-state index in [2.05, 4.69) is 9.98 Å². The smallest absolute Gasteiger partial charge is 0.317 e. The number of nitro groups is 1. The van der Waals surface area contributed by atoms with Crippen molar-refractivity contribution in [2.45, 2.75) is 6.42 Å². The van der Waals surface area contributed by atoms with Crippen LogP contribution in [0.5, 0.6) is 5.75 Å². The van der Waals surface area contributed by atoms with Crippen LogP contribution in [0.4, 0.5) is 10.8 Å². The van der Waals surface area contributed by atoms with Crippen LogP contribution in [0.2, 0.25) is 0 Å². The van der Waals surface area contributed by atoms with Gasteiger partial charge >= 0.3 is 5.97 Å². The van der Waals surface area contributed by atoms with E-state index in [-0.39, 0.29) is 17.9 Å². The number of halogens is 1. The van der Waals surface area contributed by atoms with E-state index in [9.17, 15) is 14.9 Å². The molecule has 0 bridgehead atoms. The second kappa shape index (κ2) is 7.26. The highest BCUT2D eigenvalue weighted by atomic mass is 127. The highest BCUT2D eigenvalue weighted by Gasteiger charge is 2.11. The lowest BCUT2D eigenvalue weighted by atomic mass is 10.3. The van der Waals surface area contributed by atoms with Crippen LogP contribution in [0.3, 0.4) is 0 Å². The lowest BCUT2D eigenvalue weighted by Crippen LogP contribution is -2.11. The van der Waals surface area contributed by atoms with Crippen molar-refractivity contribution in [3.63, 3.8) is 0 Å². The first-order valence-electron chi connectivity index (χ1n) is 5.83. The quantitative estimate of drug-likeness (QED) is 0.113. The standard InChI is InChI=1S/C12H9IN4O4S/c13-11(14)16-12-15-7(6-22-12)5-10(18)21-9-3-1-8(2-4-9)17(19)20/h1-4,6H,5H2,(H2,14,15,16). The Balaban J connectivity index is 1.96. The summed E-state index contributed by atoms with van der Waals surface area (Å²) in [5.74, 6) is -0.280. The maximum atomic E-state index is 11.8. The van der Waals surface area contributed by atoms with Crippen LogP contribution in [0.15, 0.2) is 34.6 Å². The minimum atomic E-state index is -0.526. The fraction of sp³-hybridized carbons (Fsp3) is 0.0833. The first-order chi connectivity index (χ1) is 10.4. The van der Waals surface area contributed by atoms with Crippen LogP contribution in [-0.4, -0.2) is 19.7 Å². The SMILES string of the molecule is N/C(I)=N\c1nc(CC(=O)Oc2ccc([N+](=O)[O-])cc2)cs1. The van der Waals surface area contributed by atoms with Gasteiger partial charge in [-0.05, 0) is 34.7 Å². The van der Waals surface area contributed by atoms with Crippen LogP contribution >= 0.6 is 33.9 Å². The summed E-state index contributed by atoms with van der Waals surface area (Å²) in [5.41, 5.74) is 5.88. The fourth-order valence-corrected chi connectivity index (χ4v) is 2.56. The summed E-state index contributed by atoms with van der Waals surface area (Å²) in [4.78, 5) is 29.9. The summed E-state index contributed by atoms with van der Waals surface area (Å²) in [6.45, 7) is 0. The normalized spacial score (nSPS) is 11.2. The number of aromatic nitrogens is 1. The van der Waals surface area contributed by atoms with Crippen molar-refractivity contribution in [1.82, 2.24) is 4.98 Å². The number of rotatable bonds is 5. The number of nitro benzene ring substituents is 1. The Morgan fingerprint density at radius 1 is 1.45 bits per heavy atom. The van der Waals surface area contributed by atoms with Crippen LogP contribution in [0.25, 0.3) is 0 Å². The molecule has 0 spiro atoms. The number of non-ortho nitro benzene ring substituents is 1. The number of nitrogens with two attached hydrogens (primary N) is 1. The number of carbonyl (C=O) groups is 1. The number of amidine groups is 1. The topological polar surface area (TPSA) is 121 Å². The molecule has 0 aliphatic carbocycles. The minimum Gasteiger partial charge on any atom is -0.426 e. The lowest BCUT2D eigenvalue weighted by molar-refractivity contribution is -0.384. The maximum Gasteiger partial charge on any atom is 0.317 e. The Labute approximate surface area is 142 Å². The van der Waals surface area contributed by atoms with E-state index >= 15 is 0 Å². The van der Waals surface area contributed by atoms with Crippen LogP contribution < -0.4 is 10.5 Å². The van der Waals surface area contributed by atoms with Crippen molar-refractivity contribution in [1.29, 1.82) is 0 Å². The van der Waals surface area contributed by atoms with E-state index in [0.717, 1.165) is 0 Å². The summed E-state index contributed by atoms with van der Waals surface area (Å²) in [5, 5.41) is 12.7. The van der Waals surface area contributed by atoms with E-state index < -0.39 is 10.9 Å². The van der Waals surface area contributed by atoms with Gasteiger partial charge in [-0.3, -0.25) is 14.9 Å². The molecule has 0 radical (unpaired) electrons. The van der Waals surface area contributed by atoms with E-state index in [1.54, 1.807) is 5.38 Å². The number of hydrogen-bond donors (Lipinski definition) is 1. The molecule has 0 atom stereocenters. The lowest BCUT2D eigenvalue weighted by Gasteiger charge is -2.02. The van der Waals surface area contributed by atoms with E-state index in [0.29, 0.717) is 14.7 Å². The van der Waals surface area contributed by atoms with Crippen molar-refractivity contribution in [2.75, 3.05) is 0 Å². The third-order valence-electron chi connectivity index (χ3n) is 2.35. The molecule has 1 heterocycles. The highest BCUT2D eigenvalue weighted by Crippen LogP contribution is 2.21. The molecular weight excluding hydrogens is 423 g/mol. The zero-order valence-electron chi connectivity index (χ0n) is 10.9. The third kappa shape index (κ3) is 4.73. The van der Waals surface area contributed by atoms with Crippen molar-refractivity contribution in [3.8, 4) is 5.75 Å². The van der Waals surface area contributed by atoms with E-state index in [1.807, 2.05) is 22.6 Å². The van der Waals surface area contributed by atoms with Crippen molar-refractivity contribution < 1.29 is 14.5 Å². The molecule has 8 nitrogen and oxygen atoms in total. The number of esters is 1. The van der Waals surface area contributed by atoms with Gasteiger partial charge in [0.2, 0.25) is 5.13 Å². The predicted octanol–water partition coefficient (Wildman–Crippen LogP) is 2.58. The Bertz CT molecular complexity index is 725. The number of thiazole rings is 1. The van der Waals surface area contributed by atoms with E-state index in [1.165, 1.54) is 35.6 Å². The van der Waals surface area contributed by atoms with Gasteiger partial charge in [0.05, 0.1) is 17.0 Å². The predicted molar refractivity (Wildman–Crippen MR) is 89.9 cm³/mol. The molecule has 2 aromatic rings. The Hall–Kier alpha value is -2.08. The number of nitrogens with zero attached hydrogens (tertiary/aromatic N) is 3. The number of benzene rings is 1. The molecule has 0 saturated heterocycles. The Kier molecular flexibility index (Phi) is 5.38. The molecule has 0 amide bonds. The number of ether oxygens (including phenoxy) is 1. The molecule has 2 rings (SSSR count). The molecule has 1 aromatic heterocycles. The summed E-state index contributed by atoms with van der Waals surface area (Å²) in [6.07, 6.45) is -0.0237. The molecule has 0 aliphatic heterocycles. The molecule has 114 valence electrons. The van der Waals surface area contributed by atoms with Gasteiger partial charge in [-0.1, -0.05) is 0 Å². The van der Waals surface area contributed by atoms with Gasteiger partial charge in [-0.15, -0.1) is 11.3 Å². The van der Waals surface area contributed by atoms with Gasteiger partial charge in [0.15, 0.2) is 3.84 Å². The molecule has 1 aromatic carbocycles. The van der Waals surface area contributed by atoms with E-state index in [4.69, 9.17) is 10.5 Å². The zero-order chi connectivity index (χ0) is 16.1. The third-order valence-corrected chi connectivity index (χ3v) is 3.37. The largest absolute Gasteiger partial charge is 0.426 e. The van der Waals surface area contributed by atoms with Crippen molar-refractivity contribution in [2.24, 2.45) is 10.7 Å². The molecule has 0 aliphatic rings. The van der Waals surface area contributed by atoms with Gasteiger partial charge in [0, 0.05) is 17.5 Å². The number of carbonyl (C=O) groups excluding carboxylic acids is 1. The van der Waals surface area contributed by atoms with Crippen molar-refractivity contribution in [3.05, 3.63) is 45.5 Å². The van der Waals surface area contributed by atoms with Gasteiger partial charge in [-0.2, -0.15) is 4.99 Å². The average Bonchev–Trinajstić information content (AvgIpc) is 2.85. The molecule has 2 N–H and O–H groups in total. The summed E-state index contributed by atoms with van der Waals surface area (Å²) in [6, 6.07) is 5.26. The summed E-state index contributed by atoms with van der Waals surface area (Å²) >= 11 is 3.12. The van der Waals surface area contributed by atoms with Crippen molar-refractivity contribution >= 4 is 54.6 Å². The second-order valence-corrected chi connectivity index (χ2v) is 5.90. The zero-order valence-corrected chi connectivity index (χ0v) is 13.9. The summed E-state index contributed by atoms with van der Waals surface area (Å²) < 4.78 is 5.44. The molecule has 0 saturated carbocycles. The van der Waals surface area contributed by atoms with Crippen LogP contribution in [0.1, 0.15) is 5.69 Å². The molecule has 0 unspecified atom stereocenters. The Morgan fingerprint density at radius 2 is 2.14 bits per heavy atom. The number of aliphatic imine (C=N–C) groups is 1. The van der Waals surface area contributed by atoms with Gasteiger partial charge in [0.25, 0.3) is 5.69 Å². The Morgan fingerprint density at radius 3 is 2.73 bits per heavy atom.